The molecule has 6 heteroatoms. The molecule has 0 spiro atoms. The fourth-order valence-electron chi connectivity index (χ4n) is 1.95. The Hall–Kier alpha value is -3.41. The Morgan fingerprint density at radius 3 is 2.57 bits per heavy atom. The molecule has 0 aliphatic heterocycles. The second kappa shape index (κ2) is 6.57. The molecule has 0 bridgehead atoms. The van der Waals surface area contributed by atoms with Crippen LogP contribution in [-0.2, 0) is 0 Å². The van der Waals surface area contributed by atoms with Gasteiger partial charge in [0.05, 0.1) is 12.0 Å². The number of nitrogens with one attached hydrogen (secondary N) is 2. The second-order valence-electron chi connectivity index (χ2n) is 4.66. The van der Waals surface area contributed by atoms with E-state index in [9.17, 15) is 9.59 Å². The number of carbonyl (C=O) groups excluding carboxylic acids is 1. The summed E-state index contributed by atoms with van der Waals surface area (Å²) in [5.74, 6) is 0.667. The number of aromatic nitrogens is 2. The maximum Gasteiger partial charge on any atom is 0.274 e. The lowest BCUT2D eigenvalue weighted by atomic mass is 10.2. The predicted octanol–water partition coefficient (Wildman–Crippen LogP) is 2.81. The van der Waals surface area contributed by atoms with Crippen molar-refractivity contribution in [1.82, 2.24) is 9.97 Å². The average Bonchev–Trinajstić information content (AvgIpc) is 2.57. The number of anilines is 1. The number of H-pyrrole nitrogens is 1. The minimum absolute atomic E-state index is 0.0308. The summed E-state index contributed by atoms with van der Waals surface area (Å²) in [7, 11) is 0. The van der Waals surface area contributed by atoms with Gasteiger partial charge in [-0.25, -0.2) is 4.98 Å². The molecule has 0 unspecified atom stereocenters. The number of ether oxygens (including phenoxy) is 1. The van der Waals surface area contributed by atoms with Gasteiger partial charge in [-0.15, -0.1) is 0 Å². The number of carbonyl (C=O) groups is 1. The van der Waals surface area contributed by atoms with Crippen LogP contribution in [0, 0.1) is 0 Å². The molecular weight excluding hydrogens is 294 g/mol. The van der Waals surface area contributed by atoms with Gasteiger partial charge in [0.15, 0.2) is 5.75 Å². The second-order valence-corrected chi connectivity index (χ2v) is 4.66. The summed E-state index contributed by atoms with van der Waals surface area (Å²) in [4.78, 5) is 29.6. The molecule has 0 radical (unpaired) electrons. The molecule has 1 heterocycles. The van der Waals surface area contributed by atoms with Gasteiger partial charge in [0.2, 0.25) is 0 Å². The first-order chi connectivity index (χ1) is 11.2. The Balaban J connectivity index is 1.83. The van der Waals surface area contributed by atoms with Crippen molar-refractivity contribution >= 4 is 11.6 Å². The third-order valence-corrected chi connectivity index (χ3v) is 3.02. The van der Waals surface area contributed by atoms with Crippen molar-refractivity contribution in [1.29, 1.82) is 0 Å². The highest BCUT2D eigenvalue weighted by Crippen LogP contribution is 2.29. The zero-order valence-corrected chi connectivity index (χ0v) is 12.0. The zero-order chi connectivity index (χ0) is 16.1. The largest absolute Gasteiger partial charge is 0.455 e. The summed E-state index contributed by atoms with van der Waals surface area (Å²) in [5.41, 5.74) is 0.130. The maximum absolute atomic E-state index is 12.2. The number of para-hydroxylation sites is 3. The van der Waals surface area contributed by atoms with Crippen LogP contribution in [-0.4, -0.2) is 15.9 Å². The van der Waals surface area contributed by atoms with E-state index in [1.54, 1.807) is 24.3 Å². The van der Waals surface area contributed by atoms with Gasteiger partial charge in [-0.1, -0.05) is 30.3 Å². The fraction of sp³-hybridized carbons (Fsp3) is 0. The lowest BCUT2D eigenvalue weighted by Gasteiger charge is -2.11. The molecule has 1 aromatic heterocycles. The van der Waals surface area contributed by atoms with Crippen molar-refractivity contribution < 1.29 is 9.53 Å². The van der Waals surface area contributed by atoms with Crippen molar-refractivity contribution in [2.24, 2.45) is 0 Å². The van der Waals surface area contributed by atoms with Gasteiger partial charge >= 0.3 is 0 Å². The molecule has 23 heavy (non-hydrogen) atoms. The Bertz CT molecular complexity index is 875. The Kier molecular flexibility index (Phi) is 4.15. The van der Waals surface area contributed by atoms with Crippen molar-refractivity contribution in [3.63, 3.8) is 0 Å². The molecule has 0 saturated carbocycles. The van der Waals surface area contributed by atoms with Crippen LogP contribution in [0.3, 0.4) is 0 Å². The van der Waals surface area contributed by atoms with Gasteiger partial charge < -0.3 is 15.0 Å². The summed E-state index contributed by atoms with van der Waals surface area (Å²) in [6, 6.07) is 17.4. The quantitative estimate of drug-likeness (QED) is 0.776. The average molecular weight is 307 g/mol. The van der Waals surface area contributed by atoms with Crippen LogP contribution >= 0.6 is 0 Å². The van der Waals surface area contributed by atoms with E-state index in [0.717, 1.165) is 6.07 Å². The number of nitrogens with zero attached hydrogens (tertiary/aromatic N) is 1. The monoisotopic (exact) mass is 307 g/mol. The standard InChI is InChI=1S/C17H13N3O3/c21-16-10-14(18-11-19-16)17(22)20-13-8-4-5-9-15(13)23-12-6-2-1-3-7-12/h1-11H,(H,20,22)(H,18,19,21). The van der Waals surface area contributed by atoms with E-state index in [1.165, 1.54) is 6.33 Å². The van der Waals surface area contributed by atoms with Crippen molar-refractivity contribution in [2.75, 3.05) is 5.32 Å². The molecule has 0 aliphatic carbocycles. The summed E-state index contributed by atoms with van der Waals surface area (Å²) in [6.07, 6.45) is 1.18. The molecule has 1 amide bonds. The first kappa shape index (κ1) is 14.5. The minimum Gasteiger partial charge on any atom is -0.455 e. The Morgan fingerprint density at radius 2 is 1.78 bits per heavy atom. The minimum atomic E-state index is -0.486. The van der Waals surface area contributed by atoms with Crippen LogP contribution in [0.5, 0.6) is 11.5 Å². The van der Waals surface area contributed by atoms with Crippen LogP contribution in [0.4, 0.5) is 5.69 Å². The highest BCUT2D eigenvalue weighted by Gasteiger charge is 2.11. The number of aromatic amines is 1. The Labute approximate surface area is 131 Å². The van der Waals surface area contributed by atoms with Gasteiger partial charge in [0.25, 0.3) is 11.5 Å². The molecule has 0 saturated heterocycles. The number of hydrogen-bond donors (Lipinski definition) is 2. The van der Waals surface area contributed by atoms with Crippen LogP contribution in [0.2, 0.25) is 0 Å². The molecule has 0 aliphatic rings. The van der Waals surface area contributed by atoms with Crippen LogP contribution < -0.4 is 15.6 Å². The molecule has 3 rings (SSSR count). The van der Waals surface area contributed by atoms with Crippen LogP contribution in [0.25, 0.3) is 0 Å². The maximum atomic E-state index is 12.2. The van der Waals surface area contributed by atoms with Crippen molar-refractivity contribution in [2.45, 2.75) is 0 Å². The molecular formula is C17H13N3O3. The summed E-state index contributed by atoms with van der Waals surface area (Å²) >= 11 is 0. The number of benzene rings is 2. The van der Waals surface area contributed by atoms with Gasteiger partial charge in [0, 0.05) is 6.07 Å². The third kappa shape index (κ3) is 3.62. The van der Waals surface area contributed by atoms with Crippen molar-refractivity contribution in [3.05, 3.63) is 83.0 Å². The van der Waals surface area contributed by atoms with E-state index in [-0.39, 0.29) is 11.3 Å². The highest BCUT2D eigenvalue weighted by atomic mass is 16.5. The number of amides is 1. The van der Waals surface area contributed by atoms with E-state index in [4.69, 9.17) is 4.74 Å². The zero-order valence-electron chi connectivity index (χ0n) is 12.0. The van der Waals surface area contributed by atoms with E-state index < -0.39 is 5.91 Å². The highest BCUT2D eigenvalue weighted by molar-refractivity contribution is 6.03. The number of rotatable bonds is 4. The summed E-state index contributed by atoms with van der Waals surface area (Å²) in [5, 5.41) is 2.70. The SMILES string of the molecule is O=C(Nc1ccccc1Oc1ccccc1)c1cc(=O)[nH]cn1. The molecule has 2 aromatic carbocycles. The molecule has 0 fully saturated rings. The smallest absolute Gasteiger partial charge is 0.274 e. The first-order valence-corrected chi connectivity index (χ1v) is 6.90. The molecule has 2 N–H and O–H groups in total. The van der Waals surface area contributed by atoms with E-state index >= 15 is 0 Å². The van der Waals surface area contributed by atoms with E-state index in [2.05, 4.69) is 15.3 Å². The predicted molar refractivity (Wildman–Crippen MR) is 85.8 cm³/mol. The lowest BCUT2D eigenvalue weighted by Crippen LogP contribution is -2.18. The molecule has 114 valence electrons. The normalized spacial score (nSPS) is 10.1. The van der Waals surface area contributed by atoms with Gasteiger partial charge in [0.1, 0.15) is 11.4 Å². The molecule has 6 nitrogen and oxygen atoms in total. The van der Waals surface area contributed by atoms with E-state index in [1.807, 2.05) is 30.3 Å². The third-order valence-electron chi connectivity index (χ3n) is 3.02. The lowest BCUT2D eigenvalue weighted by molar-refractivity contribution is 0.102. The first-order valence-electron chi connectivity index (χ1n) is 6.90. The topological polar surface area (TPSA) is 84.1 Å². The fourth-order valence-corrected chi connectivity index (χ4v) is 1.95. The van der Waals surface area contributed by atoms with Crippen LogP contribution in [0.1, 0.15) is 10.5 Å². The Morgan fingerprint density at radius 1 is 1.04 bits per heavy atom. The summed E-state index contributed by atoms with van der Waals surface area (Å²) in [6.45, 7) is 0. The van der Waals surface area contributed by atoms with Gasteiger partial charge in [-0.05, 0) is 24.3 Å². The summed E-state index contributed by atoms with van der Waals surface area (Å²) < 4.78 is 5.77. The van der Waals surface area contributed by atoms with Gasteiger partial charge in [-0.2, -0.15) is 0 Å². The van der Waals surface area contributed by atoms with Crippen molar-refractivity contribution in [3.8, 4) is 11.5 Å². The molecule has 3 aromatic rings. The van der Waals surface area contributed by atoms with E-state index in [0.29, 0.717) is 17.2 Å². The molecule has 0 atom stereocenters. The van der Waals surface area contributed by atoms with Gasteiger partial charge in [-0.3, -0.25) is 9.59 Å². The number of hydrogen-bond acceptors (Lipinski definition) is 4. The van der Waals surface area contributed by atoms with Crippen LogP contribution in [0.15, 0.2) is 71.8 Å².